The van der Waals surface area contributed by atoms with Crippen molar-refractivity contribution in [3.05, 3.63) is 33.2 Å². The molecule has 6 heteroatoms. The molecule has 1 heterocycles. The lowest BCUT2D eigenvalue weighted by atomic mass is 10.2. The Labute approximate surface area is 138 Å². The summed E-state index contributed by atoms with van der Waals surface area (Å²) in [6.07, 6.45) is 2.02. The predicted octanol–water partition coefficient (Wildman–Crippen LogP) is 3.44. The highest BCUT2D eigenvalue weighted by Gasteiger charge is 2.09. The van der Waals surface area contributed by atoms with Gasteiger partial charge in [-0.3, -0.25) is 0 Å². The maximum Gasteiger partial charge on any atom is 0.148 e. The van der Waals surface area contributed by atoms with Crippen molar-refractivity contribution in [2.75, 3.05) is 26.8 Å². The highest BCUT2D eigenvalue weighted by molar-refractivity contribution is 9.10. The normalized spacial score (nSPS) is 11.0. The number of hydrogen-bond donors (Lipinski definition) is 1. The summed E-state index contributed by atoms with van der Waals surface area (Å²) in [5.41, 5.74) is 2.35. The number of aromatic nitrogens is 2. The molecule has 0 amide bonds. The summed E-state index contributed by atoms with van der Waals surface area (Å²) in [5.74, 6) is 0. The Morgan fingerprint density at radius 3 is 2.90 bits per heavy atom. The summed E-state index contributed by atoms with van der Waals surface area (Å²) in [7, 11) is 1.72. The number of aryl methyl sites for hydroxylation is 2. The van der Waals surface area contributed by atoms with Crippen LogP contribution in [-0.4, -0.2) is 37.0 Å². The van der Waals surface area contributed by atoms with Gasteiger partial charge >= 0.3 is 0 Å². The van der Waals surface area contributed by atoms with Crippen LogP contribution in [-0.2, 0) is 11.2 Å². The fraction of sp³-hybridized carbons (Fsp3) is 0.467. The standard InChI is InChI=1S/C15H20BrN3OS/c1-11-5-6-12(13(16)10-11)15-19-18-14(21-15)4-3-7-17-8-9-20-2/h5-6,10,17H,3-4,7-9H2,1-2H3. The van der Waals surface area contributed by atoms with Crippen molar-refractivity contribution >= 4 is 27.3 Å². The summed E-state index contributed by atoms with van der Waals surface area (Å²) >= 11 is 5.27. The molecule has 0 radical (unpaired) electrons. The van der Waals surface area contributed by atoms with Crippen molar-refractivity contribution in [2.24, 2.45) is 0 Å². The number of rotatable bonds is 8. The van der Waals surface area contributed by atoms with Crippen LogP contribution in [0.3, 0.4) is 0 Å². The van der Waals surface area contributed by atoms with Crippen LogP contribution in [0, 0.1) is 6.92 Å². The third-order valence-corrected chi connectivity index (χ3v) is 4.72. The van der Waals surface area contributed by atoms with Gasteiger partial charge < -0.3 is 10.1 Å². The molecule has 2 aromatic rings. The number of nitrogens with one attached hydrogen (secondary N) is 1. The lowest BCUT2D eigenvalue weighted by molar-refractivity contribution is 0.199. The number of halogens is 1. The maximum absolute atomic E-state index is 4.99. The second kappa shape index (κ2) is 8.58. The van der Waals surface area contributed by atoms with Crippen LogP contribution in [0.1, 0.15) is 17.0 Å². The van der Waals surface area contributed by atoms with E-state index in [-0.39, 0.29) is 0 Å². The molecule has 0 aliphatic heterocycles. The van der Waals surface area contributed by atoms with Gasteiger partial charge in [0, 0.05) is 30.1 Å². The Hall–Kier alpha value is -0.820. The first-order valence-corrected chi connectivity index (χ1v) is 8.60. The zero-order chi connectivity index (χ0) is 15.1. The average Bonchev–Trinajstić information content (AvgIpc) is 2.91. The lowest BCUT2D eigenvalue weighted by Crippen LogP contribution is -2.20. The van der Waals surface area contributed by atoms with Crippen LogP contribution in [0.2, 0.25) is 0 Å². The molecule has 21 heavy (non-hydrogen) atoms. The van der Waals surface area contributed by atoms with E-state index in [1.54, 1.807) is 18.4 Å². The van der Waals surface area contributed by atoms with E-state index in [4.69, 9.17) is 4.74 Å². The Bertz CT molecular complexity index is 574. The van der Waals surface area contributed by atoms with Gasteiger partial charge in [-0.2, -0.15) is 0 Å². The minimum Gasteiger partial charge on any atom is -0.383 e. The molecule has 1 N–H and O–H groups in total. The summed E-state index contributed by atoms with van der Waals surface area (Å²) < 4.78 is 6.07. The van der Waals surface area contributed by atoms with Gasteiger partial charge in [-0.1, -0.05) is 39.4 Å². The Balaban J connectivity index is 1.86. The van der Waals surface area contributed by atoms with Crippen LogP contribution in [0.15, 0.2) is 22.7 Å². The van der Waals surface area contributed by atoms with Gasteiger partial charge in [0.2, 0.25) is 0 Å². The van der Waals surface area contributed by atoms with Crippen molar-refractivity contribution < 1.29 is 4.74 Å². The molecule has 1 aromatic heterocycles. The molecule has 0 aliphatic rings. The van der Waals surface area contributed by atoms with E-state index in [2.05, 4.69) is 56.6 Å². The molecule has 0 bridgehead atoms. The number of nitrogens with zero attached hydrogens (tertiary/aromatic N) is 2. The van der Waals surface area contributed by atoms with E-state index in [0.717, 1.165) is 52.6 Å². The predicted molar refractivity (Wildman–Crippen MR) is 90.8 cm³/mol. The third-order valence-electron chi connectivity index (χ3n) is 3.05. The molecule has 0 atom stereocenters. The molecular weight excluding hydrogens is 350 g/mol. The first-order chi connectivity index (χ1) is 10.2. The molecule has 0 saturated carbocycles. The average molecular weight is 370 g/mol. The number of ether oxygens (including phenoxy) is 1. The minimum atomic E-state index is 0.754. The van der Waals surface area contributed by atoms with E-state index < -0.39 is 0 Å². The van der Waals surface area contributed by atoms with Gasteiger partial charge in [0.05, 0.1) is 6.61 Å². The number of hydrogen-bond acceptors (Lipinski definition) is 5. The molecule has 4 nitrogen and oxygen atoms in total. The van der Waals surface area contributed by atoms with Crippen molar-refractivity contribution in [3.8, 4) is 10.6 Å². The Morgan fingerprint density at radius 2 is 2.14 bits per heavy atom. The van der Waals surface area contributed by atoms with Gasteiger partial charge in [-0.05, 0) is 31.5 Å². The largest absolute Gasteiger partial charge is 0.383 e. The van der Waals surface area contributed by atoms with E-state index in [0.29, 0.717) is 0 Å². The van der Waals surface area contributed by atoms with Gasteiger partial charge in [-0.15, -0.1) is 10.2 Å². The molecule has 0 spiro atoms. The minimum absolute atomic E-state index is 0.754. The van der Waals surface area contributed by atoms with Crippen LogP contribution in [0.25, 0.3) is 10.6 Å². The van der Waals surface area contributed by atoms with E-state index in [1.807, 2.05) is 0 Å². The molecule has 0 saturated heterocycles. The topological polar surface area (TPSA) is 47.0 Å². The smallest absolute Gasteiger partial charge is 0.148 e. The second-order valence-corrected chi connectivity index (χ2v) is 6.75. The van der Waals surface area contributed by atoms with Gasteiger partial charge in [0.1, 0.15) is 10.0 Å². The highest BCUT2D eigenvalue weighted by atomic mass is 79.9. The summed E-state index contributed by atoms with van der Waals surface area (Å²) in [4.78, 5) is 0. The molecule has 0 aliphatic carbocycles. The molecule has 1 aromatic carbocycles. The molecule has 114 valence electrons. The van der Waals surface area contributed by atoms with Gasteiger partial charge in [0.15, 0.2) is 0 Å². The highest BCUT2D eigenvalue weighted by Crippen LogP contribution is 2.31. The summed E-state index contributed by atoms with van der Waals surface area (Å²) in [6.45, 7) is 4.71. The van der Waals surface area contributed by atoms with Crippen molar-refractivity contribution in [3.63, 3.8) is 0 Å². The first-order valence-electron chi connectivity index (χ1n) is 6.99. The van der Waals surface area contributed by atoms with Crippen molar-refractivity contribution in [1.29, 1.82) is 0 Å². The van der Waals surface area contributed by atoms with Gasteiger partial charge in [-0.25, -0.2) is 0 Å². The molecule has 0 fully saturated rings. The first kappa shape index (κ1) is 16.5. The Morgan fingerprint density at radius 1 is 1.29 bits per heavy atom. The lowest BCUT2D eigenvalue weighted by Gasteiger charge is -2.02. The van der Waals surface area contributed by atoms with E-state index >= 15 is 0 Å². The van der Waals surface area contributed by atoms with Crippen LogP contribution >= 0.6 is 27.3 Å². The maximum atomic E-state index is 4.99. The monoisotopic (exact) mass is 369 g/mol. The number of benzene rings is 1. The zero-order valence-corrected chi connectivity index (χ0v) is 14.8. The third kappa shape index (κ3) is 5.14. The second-order valence-electron chi connectivity index (χ2n) is 4.83. The van der Waals surface area contributed by atoms with Crippen LogP contribution < -0.4 is 5.32 Å². The zero-order valence-electron chi connectivity index (χ0n) is 12.4. The van der Waals surface area contributed by atoms with Crippen molar-refractivity contribution in [2.45, 2.75) is 19.8 Å². The van der Waals surface area contributed by atoms with E-state index in [9.17, 15) is 0 Å². The molecule has 2 rings (SSSR count). The number of methoxy groups -OCH3 is 1. The molecular formula is C15H20BrN3OS. The Kier molecular flexibility index (Phi) is 6.76. The van der Waals surface area contributed by atoms with Crippen LogP contribution in [0.4, 0.5) is 0 Å². The fourth-order valence-corrected chi connectivity index (χ4v) is 3.65. The molecule has 0 unspecified atom stereocenters. The van der Waals surface area contributed by atoms with Gasteiger partial charge in [0.25, 0.3) is 0 Å². The summed E-state index contributed by atoms with van der Waals surface area (Å²) in [5, 5.41) is 14.0. The quantitative estimate of drug-likeness (QED) is 0.723. The summed E-state index contributed by atoms with van der Waals surface area (Å²) in [6, 6.07) is 6.30. The fourth-order valence-electron chi connectivity index (χ4n) is 1.92. The van der Waals surface area contributed by atoms with Crippen LogP contribution in [0.5, 0.6) is 0 Å². The van der Waals surface area contributed by atoms with Crippen molar-refractivity contribution in [1.82, 2.24) is 15.5 Å². The SMILES string of the molecule is COCCNCCCc1nnc(-c2ccc(C)cc2Br)s1. The van der Waals surface area contributed by atoms with E-state index in [1.165, 1.54) is 5.56 Å².